The van der Waals surface area contributed by atoms with Crippen molar-refractivity contribution in [2.45, 2.75) is 30.4 Å². The molecule has 1 aromatic carbocycles. The van der Waals surface area contributed by atoms with E-state index >= 15 is 0 Å². The lowest BCUT2D eigenvalue weighted by Gasteiger charge is -2.35. The highest BCUT2D eigenvalue weighted by Gasteiger charge is 2.42. The highest BCUT2D eigenvalue weighted by Crippen LogP contribution is 2.28. The molecule has 0 spiro atoms. The van der Waals surface area contributed by atoms with Crippen molar-refractivity contribution in [2.24, 2.45) is 4.99 Å². The molecule has 140 valence electrons. The largest absolute Gasteiger partial charge is 0.381 e. The van der Waals surface area contributed by atoms with Crippen LogP contribution in [0.4, 0.5) is 0 Å². The Labute approximate surface area is 151 Å². The first-order chi connectivity index (χ1) is 12.0. The zero-order chi connectivity index (χ0) is 18.2. The van der Waals surface area contributed by atoms with Crippen LogP contribution in [0.25, 0.3) is 0 Å². The summed E-state index contributed by atoms with van der Waals surface area (Å²) in [5.41, 5.74) is 1.31. The normalized spacial score (nSPS) is 17.9. The minimum atomic E-state index is -3.18. The van der Waals surface area contributed by atoms with Gasteiger partial charge in [0.2, 0.25) is 0 Å². The molecule has 1 aliphatic rings. The van der Waals surface area contributed by atoms with Crippen molar-refractivity contribution in [3.05, 3.63) is 35.9 Å². The molecule has 1 aliphatic heterocycles. The van der Waals surface area contributed by atoms with Gasteiger partial charge in [0.25, 0.3) is 0 Å². The van der Waals surface area contributed by atoms with Crippen LogP contribution in [0.5, 0.6) is 0 Å². The minimum Gasteiger partial charge on any atom is -0.381 e. The number of sulfone groups is 1. The van der Waals surface area contributed by atoms with Crippen molar-refractivity contribution in [1.82, 2.24) is 10.6 Å². The van der Waals surface area contributed by atoms with Gasteiger partial charge in [-0.15, -0.1) is 0 Å². The van der Waals surface area contributed by atoms with Gasteiger partial charge >= 0.3 is 0 Å². The maximum atomic E-state index is 12.3. The topological polar surface area (TPSA) is 79.8 Å². The van der Waals surface area contributed by atoms with Crippen molar-refractivity contribution in [3.8, 4) is 0 Å². The number of ether oxygens (including phenoxy) is 1. The Kier molecular flexibility index (Phi) is 7.25. The third-order valence-electron chi connectivity index (χ3n) is 4.77. The minimum absolute atomic E-state index is 0.355. The predicted octanol–water partition coefficient (Wildman–Crippen LogP) is 1.38. The molecule has 2 rings (SSSR count). The van der Waals surface area contributed by atoms with E-state index in [2.05, 4.69) is 27.8 Å². The second kappa shape index (κ2) is 9.20. The lowest BCUT2D eigenvalue weighted by atomic mass is 9.99. The monoisotopic (exact) mass is 367 g/mol. The van der Waals surface area contributed by atoms with Crippen LogP contribution in [0.1, 0.15) is 24.8 Å². The predicted molar refractivity (Wildman–Crippen MR) is 102 cm³/mol. The number of nitrogens with zero attached hydrogens (tertiary/aromatic N) is 1. The first-order valence-electron chi connectivity index (χ1n) is 8.73. The number of aryl methyl sites for hydroxylation is 1. The molecule has 0 atom stereocenters. The van der Waals surface area contributed by atoms with Crippen LogP contribution in [-0.2, 0) is 21.0 Å². The highest BCUT2D eigenvalue weighted by atomic mass is 32.2. The molecule has 1 heterocycles. The van der Waals surface area contributed by atoms with Gasteiger partial charge in [0.1, 0.15) is 0 Å². The van der Waals surface area contributed by atoms with Crippen LogP contribution in [0.3, 0.4) is 0 Å². The molecule has 0 unspecified atom stereocenters. The quantitative estimate of drug-likeness (QED) is 0.432. The highest BCUT2D eigenvalue weighted by molar-refractivity contribution is 7.92. The van der Waals surface area contributed by atoms with Gasteiger partial charge in [-0.1, -0.05) is 30.3 Å². The van der Waals surface area contributed by atoms with Gasteiger partial charge in [-0.25, -0.2) is 8.42 Å². The van der Waals surface area contributed by atoms with E-state index in [0.29, 0.717) is 38.6 Å². The van der Waals surface area contributed by atoms with E-state index in [9.17, 15) is 8.42 Å². The third-order valence-corrected chi connectivity index (χ3v) is 6.90. The fourth-order valence-corrected chi connectivity index (χ4v) is 4.27. The van der Waals surface area contributed by atoms with Gasteiger partial charge < -0.3 is 15.4 Å². The standard InChI is InChI=1S/C18H29N3O3S/c1-19-17(20-12-6-9-16-7-4-3-5-8-16)21-15-18(25(2,22)23)10-13-24-14-11-18/h3-5,7-8H,6,9-15H2,1-2H3,(H2,19,20,21). The molecule has 0 saturated carbocycles. The summed E-state index contributed by atoms with van der Waals surface area (Å²) >= 11 is 0. The summed E-state index contributed by atoms with van der Waals surface area (Å²) in [4.78, 5) is 4.20. The van der Waals surface area contributed by atoms with Crippen LogP contribution >= 0.6 is 0 Å². The summed E-state index contributed by atoms with van der Waals surface area (Å²) < 4.78 is 29.1. The molecule has 0 aromatic heterocycles. The van der Waals surface area contributed by atoms with Gasteiger partial charge in [0, 0.05) is 39.6 Å². The summed E-state index contributed by atoms with van der Waals surface area (Å²) in [6.07, 6.45) is 4.33. The first-order valence-corrected chi connectivity index (χ1v) is 10.6. The lowest BCUT2D eigenvalue weighted by Crippen LogP contribution is -2.53. The summed E-state index contributed by atoms with van der Waals surface area (Å²) in [6, 6.07) is 10.3. The molecule has 25 heavy (non-hydrogen) atoms. The molecule has 0 radical (unpaired) electrons. The van der Waals surface area contributed by atoms with E-state index in [1.807, 2.05) is 18.2 Å². The van der Waals surface area contributed by atoms with Crippen molar-refractivity contribution < 1.29 is 13.2 Å². The zero-order valence-corrected chi connectivity index (χ0v) is 15.9. The van der Waals surface area contributed by atoms with E-state index in [4.69, 9.17) is 4.74 Å². The average Bonchev–Trinajstić information content (AvgIpc) is 2.62. The Bertz CT molecular complexity index is 653. The van der Waals surface area contributed by atoms with E-state index < -0.39 is 14.6 Å². The number of benzene rings is 1. The van der Waals surface area contributed by atoms with Gasteiger partial charge in [-0.05, 0) is 31.2 Å². The molecular formula is C18H29N3O3S. The summed E-state index contributed by atoms with van der Waals surface area (Å²) in [5, 5.41) is 6.45. The Morgan fingerprint density at radius 3 is 2.48 bits per heavy atom. The van der Waals surface area contributed by atoms with Crippen LogP contribution < -0.4 is 10.6 Å². The van der Waals surface area contributed by atoms with Crippen LogP contribution in [0.15, 0.2) is 35.3 Å². The zero-order valence-electron chi connectivity index (χ0n) is 15.1. The fourth-order valence-electron chi connectivity index (χ4n) is 3.03. The van der Waals surface area contributed by atoms with Crippen molar-refractivity contribution in [3.63, 3.8) is 0 Å². The molecule has 1 aromatic rings. The van der Waals surface area contributed by atoms with E-state index in [1.165, 1.54) is 11.8 Å². The molecule has 1 fully saturated rings. The second-order valence-electron chi connectivity index (χ2n) is 6.51. The summed E-state index contributed by atoms with van der Waals surface area (Å²) in [6.45, 7) is 2.10. The molecule has 0 amide bonds. The molecule has 7 heteroatoms. The molecule has 0 aliphatic carbocycles. The number of aliphatic imine (C=N–C) groups is 1. The number of nitrogens with one attached hydrogen (secondary N) is 2. The Morgan fingerprint density at radius 1 is 1.20 bits per heavy atom. The van der Waals surface area contributed by atoms with Crippen LogP contribution in [0.2, 0.25) is 0 Å². The van der Waals surface area contributed by atoms with E-state index in [1.54, 1.807) is 7.05 Å². The van der Waals surface area contributed by atoms with Gasteiger partial charge in [-0.2, -0.15) is 0 Å². The Hall–Kier alpha value is -1.60. The van der Waals surface area contributed by atoms with Gasteiger partial charge in [0.05, 0.1) is 4.75 Å². The summed E-state index contributed by atoms with van der Waals surface area (Å²) in [7, 11) is -1.48. The number of rotatable bonds is 7. The SMILES string of the molecule is CN=C(NCCCc1ccccc1)NCC1(S(C)(=O)=O)CCOCC1. The van der Waals surface area contributed by atoms with Crippen LogP contribution in [0, 0.1) is 0 Å². The smallest absolute Gasteiger partial charge is 0.191 e. The number of hydrogen-bond acceptors (Lipinski definition) is 4. The molecule has 2 N–H and O–H groups in total. The van der Waals surface area contributed by atoms with Crippen molar-refractivity contribution in [1.29, 1.82) is 0 Å². The average molecular weight is 368 g/mol. The molecule has 0 bridgehead atoms. The number of hydrogen-bond donors (Lipinski definition) is 2. The van der Waals surface area contributed by atoms with E-state index in [-0.39, 0.29) is 0 Å². The van der Waals surface area contributed by atoms with Gasteiger partial charge in [0.15, 0.2) is 15.8 Å². The summed E-state index contributed by atoms with van der Waals surface area (Å²) in [5.74, 6) is 0.641. The molecule has 1 saturated heterocycles. The Balaban J connectivity index is 1.81. The molecular weight excluding hydrogens is 338 g/mol. The molecule has 6 nitrogen and oxygen atoms in total. The maximum Gasteiger partial charge on any atom is 0.191 e. The number of guanidine groups is 1. The second-order valence-corrected chi connectivity index (χ2v) is 8.92. The van der Waals surface area contributed by atoms with Gasteiger partial charge in [-0.3, -0.25) is 4.99 Å². The first kappa shape index (κ1) is 19.7. The van der Waals surface area contributed by atoms with Crippen molar-refractivity contribution in [2.75, 3.05) is 39.6 Å². The van der Waals surface area contributed by atoms with E-state index in [0.717, 1.165) is 19.4 Å². The maximum absolute atomic E-state index is 12.3. The van der Waals surface area contributed by atoms with Crippen molar-refractivity contribution >= 4 is 15.8 Å². The van der Waals surface area contributed by atoms with Crippen LogP contribution in [-0.4, -0.2) is 58.7 Å². The third kappa shape index (κ3) is 5.71. The Morgan fingerprint density at radius 2 is 1.88 bits per heavy atom. The fraction of sp³-hybridized carbons (Fsp3) is 0.611. The lowest BCUT2D eigenvalue weighted by molar-refractivity contribution is 0.0756.